The van der Waals surface area contributed by atoms with Gasteiger partial charge in [-0.15, -0.1) is 0 Å². The van der Waals surface area contributed by atoms with E-state index in [9.17, 15) is 8.42 Å². The first-order valence-electron chi connectivity index (χ1n) is 14.9. The molecule has 2 saturated heterocycles. The van der Waals surface area contributed by atoms with E-state index in [0.29, 0.717) is 62.4 Å². The van der Waals surface area contributed by atoms with Crippen molar-refractivity contribution in [1.82, 2.24) is 29.1 Å². The molecule has 2 fully saturated rings. The fourth-order valence-corrected chi connectivity index (χ4v) is 6.85. The van der Waals surface area contributed by atoms with E-state index < -0.39 is 10.0 Å². The van der Waals surface area contributed by atoms with E-state index in [4.69, 9.17) is 24.2 Å². The molecule has 2 aliphatic rings. The van der Waals surface area contributed by atoms with Gasteiger partial charge in [0.1, 0.15) is 12.3 Å². The van der Waals surface area contributed by atoms with Crippen LogP contribution in [0.4, 0.5) is 11.6 Å². The van der Waals surface area contributed by atoms with Crippen molar-refractivity contribution in [1.29, 1.82) is 0 Å². The molecule has 0 atom stereocenters. The Balaban J connectivity index is 1.22. The number of likely N-dealkylation sites (N-methyl/N-ethyl adjacent to an activating group) is 1. The molecule has 12 nitrogen and oxygen atoms in total. The lowest BCUT2D eigenvalue weighted by atomic mass is 10.1. The van der Waals surface area contributed by atoms with Crippen LogP contribution in [0.15, 0.2) is 59.6 Å². The van der Waals surface area contributed by atoms with Crippen molar-refractivity contribution in [3.8, 4) is 17.0 Å². The minimum atomic E-state index is -3.59. The summed E-state index contributed by atoms with van der Waals surface area (Å²) in [5.74, 6) is 0.805. The van der Waals surface area contributed by atoms with E-state index >= 15 is 0 Å². The molecule has 6 rings (SSSR count). The molecular weight excluding hydrogens is 582 g/mol. The normalized spacial score (nSPS) is 17.2. The van der Waals surface area contributed by atoms with Gasteiger partial charge >= 0.3 is 0 Å². The molecule has 0 spiro atoms. The Morgan fingerprint density at radius 3 is 2.36 bits per heavy atom. The number of methoxy groups -OCH3 is 1. The van der Waals surface area contributed by atoms with E-state index in [1.165, 1.54) is 9.87 Å². The third-order valence-electron chi connectivity index (χ3n) is 8.01. The first-order chi connectivity index (χ1) is 21.4. The van der Waals surface area contributed by atoms with Crippen LogP contribution in [0.5, 0.6) is 5.88 Å². The highest BCUT2D eigenvalue weighted by molar-refractivity contribution is 7.89. The number of anilines is 2. The Labute approximate surface area is 258 Å². The number of nitrogens with one attached hydrogen (secondary N) is 2. The van der Waals surface area contributed by atoms with Crippen molar-refractivity contribution >= 4 is 32.7 Å². The number of H-pyrrole nitrogens is 1. The Hall–Kier alpha value is -3.59. The number of hydrogen-bond acceptors (Lipinski definition) is 10. The molecule has 0 saturated carbocycles. The maximum absolute atomic E-state index is 13.1. The summed E-state index contributed by atoms with van der Waals surface area (Å²) >= 11 is 0. The molecule has 2 aromatic heterocycles. The van der Waals surface area contributed by atoms with E-state index in [1.807, 2.05) is 18.3 Å². The Bertz CT molecular complexity index is 1650. The average molecular weight is 622 g/mol. The third kappa shape index (κ3) is 6.88. The molecule has 13 heteroatoms. The molecule has 0 bridgehead atoms. The summed E-state index contributed by atoms with van der Waals surface area (Å²) in [7, 11) is 0.193. The van der Waals surface area contributed by atoms with Crippen LogP contribution in [0.25, 0.3) is 22.2 Å². The molecular formula is C31H39N7O5S. The number of aromatic nitrogens is 3. The monoisotopic (exact) mass is 621 g/mol. The lowest BCUT2D eigenvalue weighted by Crippen LogP contribution is -2.43. The van der Waals surface area contributed by atoms with Crippen molar-refractivity contribution in [3.63, 3.8) is 0 Å². The lowest BCUT2D eigenvalue weighted by molar-refractivity contribution is 0.0730. The predicted molar refractivity (Wildman–Crippen MR) is 169 cm³/mol. The fourth-order valence-electron chi connectivity index (χ4n) is 5.44. The molecule has 0 amide bonds. The number of piperazine rings is 1. The van der Waals surface area contributed by atoms with E-state index in [1.54, 1.807) is 31.4 Å². The van der Waals surface area contributed by atoms with Gasteiger partial charge in [-0.2, -0.15) is 14.3 Å². The van der Waals surface area contributed by atoms with Crippen LogP contribution in [0.2, 0.25) is 0 Å². The summed E-state index contributed by atoms with van der Waals surface area (Å²) in [6, 6.07) is 15.2. The number of nitrogens with zero attached hydrogens (tertiary/aromatic N) is 5. The highest BCUT2D eigenvalue weighted by atomic mass is 32.2. The van der Waals surface area contributed by atoms with Crippen molar-refractivity contribution in [2.75, 3.05) is 85.2 Å². The summed E-state index contributed by atoms with van der Waals surface area (Å²) < 4.78 is 44.3. The highest BCUT2D eigenvalue weighted by Gasteiger charge is 2.26. The lowest BCUT2D eigenvalue weighted by Gasteiger charge is -2.32. The fraction of sp³-hybridized carbons (Fsp3) is 0.419. The number of ether oxygens (including phenoxy) is 3. The van der Waals surface area contributed by atoms with Crippen LogP contribution in [-0.4, -0.2) is 117 Å². The smallest absolute Gasteiger partial charge is 0.243 e. The van der Waals surface area contributed by atoms with Gasteiger partial charge in [0.2, 0.25) is 21.9 Å². The molecule has 2 aliphatic heterocycles. The molecule has 2 aromatic carbocycles. The van der Waals surface area contributed by atoms with Crippen LogP contribution in [0, 0.1) is 0 Å². The van der Waals surface area contributed by atoms with Crippen LogP contribution in [-0.2, 0) is 26.0 Å². The van der Waals surface area contributed by atoms with Gasteiger partial charge in [0, 0.05) is 70.4 Å². The van der Waals surface area contributed by atoms with Crippen LogP contribution >= 0.6 is 0 Å². The van der Waals surface area contributed by atoms with Crippen molar-refractivity contribution in [2.45, 2.75) is 11.4 Å². The first kappa shape index (κ1) is 30.4. The molecule has 4 aromatic rings. The number of benzene rings is 2. The zero-order valence-electron chi connectivity index (χ0n) is 25.2. The molecule has 234 valence electrons. The zero-order chi connectivity index (χ0) is 30.5. The summed E-state index contributed by atoms with van der Waals surface area (Å²) in [5.41, 5.74) is 4.36. The largest absolute Gasteiger partial charge is 0.475 e. The second-order valence-corrected chi connectivity index (χ2v) is 13.0. The topological polar surface area (TPSA) is 125 Å². The van der Waals surface area contributed by atoms with Crippen molar-refractivity contribution in [3.05, 3.63) is 60.3 Å². The first-order valence-corrected chi connectivity index (χ1v) is 16.3. The number of morpholine rings is 1. The SMILES string of the molecule is COCCOc1nc(Nc2ccc(CN3CCN(C)CC3)cc2)nc2[nH]cc(-c3ccc(S(=O)(=O)N4CCOCC4)cc3)c12. The summed E-state index contributed by atoms with van der Waals surface area (Å²) in [4.78, 5) is 17.8. The van der Waals surface area contributed by atoms with Gasteiger partial charge in [0.25, 0.3) is 0 Å². The standard InChI is InChI=1S/C31H39N7O5S/c1-36-11-13-37(14-12-36)22-23-3-7-25(8-4-23)33-31-34-29-28(30(35-31)43-20-19-41-2)27(21-32-29)24-5-9-26(10-6-24)44(39,40)38-15-17-42-18-16-38/h3-10,21H,11-20,22H2,1-2H3,(H2,32,33,34,35). The maximum atomic E-state index is 13.1. The average Bonchev–Trinajstić information content (AvgIpc) is 3.48. The van der Waals surface area contributed by atoms with Crippen molar-refractivity contribution in [2.24, 2.45) is 0 Å². The van der Waals surface area contributed by atoms with Gasteiger partial charge < -0.3 is 29.4 Å². The van der Waals surface area contributed by atoms with Crippen LogP contribution < -0.4 is 10.1 Å². The molecule has 0 radical (unpaired) electrons. The van der Waals surface area contributed by atoms with Gasteiger partial charge in [-0.1, -0.05) is 24.3 Å². The highest BCUT2D eigenvalue weighted by Crippen LogP contribution is 2.35. The second-order valence-electron chi connectivity index (χ2n) is 11.1. The molecule has 0 unspecified atom stereocenters. The van der Waals surface area contributed by atoms with Crippen molar-refractivity contribution < 1.29 is 22.6 Å². The maximum Gasteiger partial charge on any atom is 0.243 e. The predicted octanol–water partition coefficient (Wildman–Crippen LogP) is 3.16. The van der Waals surface area contributed by atoms with E-state index in [2.05, 4.69) is 39.3 Å². The van der Waals surface area contributed by atoms with Crippen LogP contribution in [0.1, 0.15) is 5.56 Å². The van der Waals surface area contributed by atoms with E-state index in [-0.39, 0.29) is 4.90 Å². The van der Waals surface area contributed by atoms with Crippen LogP contribution in [0.3, 0.4) is 0 Å². The summed E-state index contributed by atoms with van der Waals surface area (Å²) in [5, 5.41) is 4.02. The quantitative estimate of drug-likeness (QED) is 0.241. The number of hydrogen-bond donors (Lipinski definition) is 2. The number of rotatable bonds is 11. The molecule has 4 heterocycles. The third-order valence-corrected chi connectivity index (χ3v) is 9.92. The minimum absolute atomic E-state index is 0.247. The summed E-state index contributed by atoms with van der Waals surface area (Å²) in [6.45, 7) is 7.48. The van der Waals surface area contributed by atoms with Gasteiger partial charge in [0.05, 0.1) is 30.1 Å². The Morgan fingerprint density at radius 1 is 0.932 bits per heavy atom. The molecule has 0 aliphatic carbocycles. The number of aromatic amines is 1. The second kappa shape index (κ2) is 13.6. The number of sulfonamides is 1. The minimum Gasteiger partial charge on any atom is -0.475 e. The van der Waals surface area contributed by atoms with E-state index in [0.717, 1.165) is 49.5 Å². The summed E-state index contributed by atoms with van der Waals surface area (Å²) in [6.07, 6.45) is 1.84. The van der Waals surface area contributed by atoms with Gasteiger partial charge in [0.15, 0.2) is 0 Å². The Kier molecular flexibility index (Phi) is 9.40. The zero-order valence-corrected chi connectivity index (χ0v) is 26.0. The Morgan fingerprint density at radius 2 is 1.66 bits per heavy atom. The number of fused-ring (bicyclic) bond motifs is 1. The molecule has 2 N–H and O–H groups in total. The van der Waals surface area contributed by atoms with Gasteiger partial charge in [-0.25, -0.2) is 8.42 Å². The van der Waals surface area contributed by atoms with Gasteiger partial charge in [-0.05, 0) is 42.4 Å². The molecule has 44 heavy (non-hydrogen) atoms. The van der Waals surface area contributed by atoms with Gasteiger partial charge in [-0.3, -0.25) is 4.90 Å².